The van der Waals surface area contributed by atoms with Gasteiger partial charge in [-0.15, -0.1) is 0 Å². The number of hydrogen-bond donors (Lipinski definition) is 3. The smallest absolute Gasteiger partial charge is 0.321 e. The fourth-order valence-electron chi connectivity index (χ4n) is 2.83. The van der Waals surface area contributed by atoms with E-state index in [1.165, 1.54) is 12.8 Å². The van der Waals surface area contributed by atoms with E-state index in [1.54, 1.807) is 0 Å². The van der Waals surface area contributed by atoms with Crippen LogP contribution in [0.25, 0.3) is 0 Å². The second kappa shape index (κ2) is 6.34. The topological polar surface area (TPSA) is 73.5 Å². The molecule has 2 atom stereocenters. The molecular weight excluding hydrogens is 244 g/mol. The Morgan fingerprint density at radius 2 is 2.00 bits per heavy atom. The van der Waals surface area contributed by atoms with Gasteiger partial charge in [0.15, 0.2) is 0 Å². The molecule has 0 aromatic heterocycles. The molecule has 0 radical (unpaired) electrons. The summed E-state index contributed by atoms with van der Waals surface area (Å²) in [7, 11) is 0. The third-order valence-electron chi connectivity index (χ3n) is 3.65. The molecule has 6 nitrogen and oxygen atoms in total. The summed E-state index contributed by atoms with van der Waals surface area (Å²) in [5.41, 5.74) is 0. The lowest BCUT2D eigenvalue weighted by molar-refractivity contribution is -0.121. The van der Waals surface area contributed by atoms with Gasteiger partial charge < -0.3 is 10.6 Å². The molecule has 3 amide bonds. The van der Waals surface area contributed by atoms with Crippen LogP contribution in [0.5, 0.6) is 0 Å². The molecule has 3 N–H and O–H groups in total. The van der Waals surface area contributed by atoms with E-state index in [9.17, 15) is 9.59 Å². The fourth-order valence-corrected chi connectivity index (χ4v) is 2.83. The van der Waals surface area contributed by atoms with Crippen molar-refractivity contribution in [2.75, 3.05) is 19.6 Å². The third-order valence-corrected chi connectivity index (χ3v) is 3.65. The van der Waals surface area contributed by atoms with Crippen LogP contribution in [-0.2, 0) is 4.79 Å². The number of hydrogen-bond acceptors (Lipinski definition) is 4. The van der Waals surface area contributed by atoms with E-state index in [1.807, 2.05) is 13.8 Å². The maximum atomic E-state index is 11.8. The summed E-state index contributed by atoms with van der Waals surface area (Å²) in [5, 5.41) is 8.59. The lowest BCUT2D eigenvalue weighted by Crippen LogP contribution is -2.47. The van der Waals surface area contributed by atoms with Crippen LogP contribution < -0.4 is 16.0 Å². The SMILES string of the molecule is CC(C)NC(=O)NC(=O)CN1CCC2CCC(C1)N2. The minimum absolute atomic E-state index is 0.0333. The first kappa shape index (κ1) is 14.3. The van der Waals surface area contributed by atoms with Crippen LogP contribution in [0.2, 0.25) is 0 Å². The van der Waals surface area contributed by atoms with Crippen molar-refractivity contribution in [3.05, 3.63) is 0 Å². The molecule has 2 bridgehead atoms. The summed E-state index contributed by atoms with van der Waals surface area (Å²) in [5.74, 6) is -0.226. The molecule has 6 heteroatoms. The van der Waals surface area contributed by atoms with E-state index in [4.69, 9.17) is 0 Å². The normalized spacial score (nSPS) is 27.1. The monoisotopic (exact) mass is 268 g/mol. The van der Waals surface area contributed by atoms with E-state index < -0.39 is 6.03 Å². The largest absolute Gasteiger partial charge is 0.336 e. The average Bonchev–Trinajstić information content (AvgIpc) is 2.61. The van der Waals surface area contributed by atoms with Crippen molar-refractivity contribution < 1.29 is 9.59 Å². The molecule has 0 aromatic rings. The molecule has 108 valence electrons. The molecule has 2 rings (SSSR count). The third kappa shape index (κ3) is 4.47. The summed E-state index contributed by atoms with van der Waals surface area (Å²) in [6.07, 6.45) is 3.53. The number of nitrogens with zero attached hydrogens (tertiary/aromatic N) is 1. The van der Waals surface area contributed by atoms with Crippen molar-refractivity contribution in [2.24, 2.45) is 0 Å². The summed E-state index contributed by atoms with van der Waals surface area (Å²) in [6.45, 7) is 5.85. The predicted octanol–water partition coefficient (Wildman–Crippen LogP) is 0.0469. The standard InChI is InChI=1S/C13H24N4O2/c1-9(2)14-13(19)16-12(18)8-17-6-5-10-3-4-11(7-17)15-10/h9-11,15H,3-8H2,1-2H3,(H2,14,16,18,19). The van der Waals surface area contributed by atoms with Crippen LogP contribution in [0.4, 0.5) is 4.79 Å². The first-order valence-corrected chi connectivity index (χ1v) is 7.11. The van der Waals surface area contributed by atoms with Gasteiger partial charge in [-0.05, 0) is 33.1 Å². The van der Waals surface area contributed by atoms with Crippen LogP contribution in [0.1, 0.15) is 33.1 Å². The van der Waals surface area contributed by atoms with Gasteiger partial charge in [0.1, 0.15) is 0 Å². The predicted molar refractivity (Wildman–Crippen MR) is 72.8 cm³/mol. The number of fused-ring (bicyclic) bond motifs is 2. The van der Waals surface area contributed by atoms with Crippen LogP contribution in [-0.4, -0.2) is 54.6 Å². The molecule has 2 unspecified atom stereocenters. The number of amides is 3. The van der Waals surface area contributed by atoms with E-state index in [0.717, 1.165) is 19.5 Å². The summed E-state index contributed by atoms with van der Waals surface area (Å²) in [4.78, 5) is 25.3. The van der Waals surface area contributed by atoms with Gasteiger partial charge >= 0.3 is 6.03 Å². The van der Waals surface area contributed by atoms with Crippen molar-refractivity contribution >= 4 is 11.9 Å². The van der Waals surface area contributed by atoms with Crippen LogP contribution >= 0.6 is 0 Å². The zero-order valence-corrected chi connectivity index (χ0v) is 11.7. The van der Waals surface area contributed by atoms with Gasteiger partial charge in [-0.1, -0.05) is 0 Å². The van der Waals surface area contributed by atoms with Crippen molar-refractivity contribution in [1.82, 2.24) is 20.9 Å². The fraction of sp³-hybridized carbons (Fsp3) is 0.846. The lowest BCUT2D eigenvalue weighted by Gasteiger charge is -2.23. The van der Waals surface area contributed by atoms with E-state index >= 15 is 0 Å². The molecule has 0 saturated carbocycles. The number of carbonyl (C=O) groups is 2. The Bertz CT molecular complexity index is 346. The molecule has 2 saturated heterocycles. The summed E-state index contributed by atoms with van der Waals surface area (Å²) >= 11 is 0. The van der Waals surface area contributed by atoms with Gasteiger partial charge in [-0.25, -0.2) is 4.79 Å². The van der Waals surface area contributed by atoms with Gasteiger partial charge in [0, 0.05) is 31.2 Å². The first-order valence-electron chi connectivity index (χ1n) is 7.11. The molecular formula is C13H24N4O2. The highest BCUT2D eigenvalue weighted by atomic mass is 16.2. The molecule has 2 aliphatic heterocycles. The highest BCUT2D eigenvalue weighted by Gasteiger charge is 2.29. The Hall–Kier alpha value is -1.14. The van der Waals surface area contributed by atoms with Crippen molar-refractivity contribution in [3.8, 4) is 0 Å². The first-order chi connectivity index (χ1) is 9.02. The number of carbonyl (C=O) groups excluding carboxylic acids is 2. The lowest BCUT2D eigenvalue weighted by atomic mass is 10.1. The maximum Gasteiger partial charge on any atom is 0.321 e. The molecule has 2 fully saturated rings. The van der Waals surface area contributed by atoms with Crippen LogP contribution in [0, 0.1) is 0 Å². The second-order valence-electron chi connectivity index (χ2n) is 5.84. The summed E-state index contributed by atoms with van der Waals surface area (Å²) < 4.78 is 0. The minimum Gasteiger partial charge on any atom is -0.336 e. The maximum absolute atomic E-state index is 11.8. The molecule has 19 heavy (non-hydrogen) atoms. The van der Waals surface area contributed by atoms with Crippen LogP contribution in [0.3, 0.4) is 0 Å². The number of likely N-dealkylation sites (tertiary alicyclic amines) is 1. The van der Waals surface area contributed by atoms with E-state index in [-0.39, 0.29) is 11.9 Å². The number of nitrogens with one attached hydrogen (secondary N) is 3. The Labute approximate surface area is 114 Å². The number of urea groups is 1. The number of rotatable bonds is 3. The second-order valence-corrected chi connectivity index (χ2v) is 5.84. The van der Waals surface area contributed by atoms with Crippen molar-refractivity contribution in [3.63, 3.8) is 0 Å². The number of imide groups is 1. The zero-order chi connectivity index (χ0) is 13.8. The summed E-state index contributed by atoms with van der Waals surface area (Å²) in [6, 6.07) is 0.743. The van der Waals surface area contributed by atoms with E-state index in [2.05, 4.69) is 20.9 Å². The molecule has 0 aliphatic carbocycles. The average molecular weight is 268 g/mol. The van der Waals surface area contributed by atoms with Gasteiger partial charge in [0.25, 0.3) is 0 Å². The Kier molecular flexibility index (Phi) is 4.76. The van der Waals surface area contributed by atoms with Gasteiger partial charge in [-0.3, -0.25) is 15.0 Å². The Morgan fingerprint density at radius 1 is 1.26 bits per heavy atom. The van der Waals surface area contributed by atoms with Crippen molar-refractivity contribution in [1.29, 1.82) is 0 Å². The van der Waals surface area contributed by atoms with Gasteiger partial charge in [-0.2, -0.15) is 0 Å². The van der Waals surface area contributed by atoms with Gasteiger partial charge in [0.05, 0.1) is 6.54 Å². The van der Waals surface area contributed by atoms with Crippen molar-refractivity contribution in [2.45, 2.75) is 51.2 Å². The van der Waals surface area contributed by atoms with Gasteiger partial charge in [0.2, 0.25) is 5.91 Å². The zero-order valence-electron chi connectivity index (χ0n) is 11.7. The Morgan fingerprint density at radius 3 is 2.74 bits per heavy atom. The molecule has 0 aromatic carbocycles. The highest BCUT2D eigenvalue weighted by Crippen LogP contribution is 2.19. The minimum atomic E-state index is -0.408. The highest BCUT2D eigenvalue weighted by molar-refractivity contribution is 5.95. The molecule has 2 heterocycles. The quantitative estimate of drug-likeness (QED) is 0.676. The van der Waals surface area contributed by atoms with Crippen LogP contribution in [0.15, 0.2) is 0 Å². The molecule has 2 aliphatic rings. The van der Waals surface area contributed by atoms with E-state index in [0.29, 0.717) is 18.6 Å². The Balaban J connectivity index is 1.74. The molecule has 0 spiro atoms.